The van der Waals surface area contributed by atoms with E-state index in [4.69, 9.17) is 29.4 Å². The first-order chi connectivity index (χ1) is 36.8. The molecule has 0 bridgehead atoms. The highest BCUT2D eigenvalue weighted by molar-refractivity contribution is 6.15. The Morgan fingerprint density at radius 1 is 0.520 bits per heavy atom. The summed E-state index contributed by atoms with van der Waals surface area (Å²) in [5.74, 6) is -4.04. The standard InChI is InChI=1S/C49H38O/c1-31-29-36(27-28-37(31)35-26-25-32-13-5-6-16-34(32)30-35)46-39-17-7-9-19-41(39)47(42-20-10-8-18-40(42)46)43-22-11-23-44-48-38(33-14-3-2-4-15-33)21-12-24-45(48)50-49(43)44/h2-10,12-21,24-30,43-44,49H,11,22-23H2,1H3/i2D,3D,4D,5D,6D,7D,8D,9D,10D,11D,12D,13D,14D,15D,16D,17D,18D,19D,20D,21D,22D,23D,24D,25D,26D,27D,28D,29D,30D. The van der Waals surface area contributed by atoms with Gasteiger partial charge >= 0.3 is 0 Å². The minimum Gasteiger partial charge on any atom is -0.489 e. The average molecular weight is 672 g/mol. The molecule has 1 aliphatic heterocycles. The number of ether oxygens (including phenoxy) is 1. The predicted molar refractivity (Wildman–Crippen MR) is 210 cm³/mol. The van der Waals surface area contributed by atoms with E-state index in [1.807, 2.05) is 0 Å². The van der Waals surface area contributed by atoms with Crippen LogP contribution in [0.3, 0.4) is 0 Å². The molecule has 8 aromatic carbocycles. The van der Waals surface area contributed by atoms with Crippen molar-refractivity contribution in [3.8, 4) is 39.1 Å². The van der Waals surface area contributed by atoms with Gasteiger partial charge in [-0.1, -0.05) is 151 Å². The Morgan fingerprint density at radius 2 is 1.16 bits per heavy atom. The maximum absolute atomic E-state index is 9.78. The molecule has 1 aliphatic carbocycles. The van der Waals surface area contributed by atoms with Crippen molar-refractivity contribution in [3.63, 3.8) is 0 Å². The van der Waals surface area contributed by atoms with E-state index in [1.165, 1.54) is 6.92 Å². The van der Waals surface area contributed by atoms with Crippen molar-refractivity contribution < 1.29 is 44.5 Å². The summed E-state index contributed by atoms with van der Waals surface area (Å²) < 4.78 is 269. The second-order valence-corrected chi connectivity index (χ2v) is 11.7. The lowest BCUT2D eigenvalue weighted by atomic mass is 9.70. The van der Waals surface area contributed by atoms with E-state index >= 15 is 0 Å². The number of hydrogen-bond acceptors (Lipinski definition) is 1. The fourth-order valence-electron chi connectivity index (χ4n) is 6.95. The molecule has 10 rings (SSSR count). The van der Waals surface area contributed by atoms with Crippen LogP contribution in [0.1, 0.15) is 87.5 Å². The zero-order valence-electron chi connectivity index (χ0n) is 54.9. The second-order valence-electron chi connectivity index (χ2n) is 11.7. The molecule has 1 nitrogen and oxygen atoms in total. The summed E-state index contributed by atoms with van der Waals surface area (Å²) >= 11 is 0. The summed E-state index contributed by atoms with van der Waals surface area (Å²) in [5, 5.41) is -3.48. The van der Waals surface area contributed by atoms with Crippen LogP contribution < -0.4 is 4.74 Å². The fourth-order valence-corrected chi connectivity index (χ4v) is 6.95. The Bertz CT molecular complexity index is 4030. The molecule has 0 spiro atoms. The molecule has 1 heteroatoms. The summed E-state index contributed by atoms with van der Waals surface area (Å²) in [6.07, 6.45) is -7.40. The second kappa shape index (κ2) is 11.7. The molecule has 8 aromatic rings. The van der Waals surface area contributed by atoms with Gasteiger partial charge in [0.05, 0.1) is 35.6 Å². The largest absolute Gasteiger partial charge is 0.489 e. The Balaban J connectivity index is 1.36. The Morgan fingerprint density at radius 3 is 1.92 bits per heavy atom. The molecule has 0 saturated heterocycles. The van der Waals surface area contributed by atoms with Crippen molar-refractivity contribution in [2.24, 2.45) is 0 Å². The minimum absolute atomic E-state index is 0.328. The molecule has 6 unspecified atom stereocenters. The van der Waals surface area contributed by atoms with Gasteiger partial charge in [-0.15, -0.1) is 0 Å². The van der Waals surface area contributed by atoms with Crippen molar-refractivity contribution >= 4 is 32.3 Å². The van der Waals surface area contributed by atoms with Crippen LogP contribution in [0.25, 0.3) is 65.7 Å². The minimum atomic E-state index is -1.94. The highest BCUT2D eigenvalue weighted by Gasteiger charge is 2.44. The van der Waals surface area contributed by atoms with E-state index < -0.39 is 271 Å². The Kier molecular flexibility index (Phi) is 2.89. The molecule has 240 valence electrons. The van der Waals surface area contributed by atoms with E-state index in [0.717, 1.165) is 0 Å². The fraction of sp³-hybridized carbons (Fsp3) is 0.143. The third kappa shape index (κ3) is 4.61. The predicted octanol–water partition coefficient (Wildman–Crippen LogP) is 13.3. The molecule has 0 radical (unpaired) electrons. The van der Waals surface area contributed by atoms with Crippen molar-refractivity contribution in [1.29, 1.82) is 0 Å². The monoisotopic (exact) mass is 671 g/mol. The highest BCUT2D eigenvalue weighted by atomic mass is 16.5. The van der Waals surface area contributed by atoms with Crippen LogP contribution >= 0.6 is 0 Å². The Hall–Kier alpha value is -5.66. The van der Waals surface area contributed by atoms with E-state index in [2.05, 4.69) is 0 Å². The lowest BCUT2D eigenvalue weighted by molar-refractivity contribution is 0.139. The van der Waals surface area contributed by atoms with E-state index in [0.29, 0.717) is 0 Å². The van der Waals surface area contributed by atoms with Crippen LogP contribution in [0, 0.1) is 6.92 Å². The summed E-state index contributed by atoms with van der Waals surface area (Å²) in [5.41, 5.74) is -4.69. The van der Waals surface area contributed by atoms with Crippen LogP contribution in [-0.2, 0) is 0 Å². The van der Waals surface area contributed by atoms with Gasteiger partial charge < -0.3 is 4.74 Å². The maximum Gasteiger partial charge on any atom is 0.124 e. The molecular weight excluding hydrogens is 605 g/mol. The molecule has 1 saturated carbocycles. The quantitative estimate of drug-likeness (QED) is 0.169. The van der Waals surface area contributed by atoms with Gasteiger partial charge in [0.15, 0.2) is 0 Å². The molecule has 2 aliphatic rings. The smallest absolute Gasteiger partial charge is 0.124 e. The topological polar surface area (TPSA) is 9.23 Å². The lowest BCUT2D eigenvalue weighted by Gasteiger charge is -2.35. The van der Waals surface area contributed by atoms with Crippen LogP contribution in [0.4, 0.5) is 0 Å². The maximum atomic E-state index is 9.78. The average Bonchev–Trinajstić information content (AvgIpc) is 4.06. The van der Waals surface area contributed by atoms with Gasteiger partial charge in [0.2, 0.25) is 0 Å². The van der Waals surface area contributed by atoms with E-state index in [-0.39, 0.29) is 11.1 Å². The van der Waals surface area contributed by atoms with Gasteiger partial charge in [0, 0.05) is 21.5 Å². The first-order valence-electron chi connectivity index (χ1n) is 30.2. The zero-order valence-corrected chi connectivity index (χ0v) is 25.9. The number of benzene rings is 8. The van der Waals surface area contributed by atoms with Gasteiger partial charge in [-0.3, -0.25) is 0 Å². The van der Waals surface area contributed by atoms with Crippen molar-refractivity contribution in [3.05, 3.63) is 174 Å². The lowest BCUT2D eigenvalue weighted by Crippen LogP contribution is -2.31. The number of hydrogen-bond donors (Lipinski definition) is 0. The number of rotatable bonds is 4. The van der Waals surface area contributed by atoms with Crippen LogP contribution in [0.15, 0.2) is 157 Å². The molecule has 0 aromatic heterocycles. The molecule has 1 heterocycles. The highest BCUT2D eigenvalue weighted by Crippen LogP contribution is 2.55. The molecule has 50 heavy (non-hydrogen) atoms. The summed E-state index contributed by atoms with van der Waals surface area (Å²) in [6, 6.07) is -22.2. The van der Waals surface area contributed by atoms with Gasteiger partial charge in [0.25, 0.3) is 0 Å². The van der Waals surface area contributed by atoms with Gasteiger partial charge in [0.1, 0.15) is 11.9 Å². The molecule has 6 atom stereocenters. The van der Waals surface area contributed by atoms with Crippen molar-refractivity contribution in [1.82, 2.24) is 0 Å². The first-order valence-corrected chi connectivity index (χ1v) is 15.5. The van der Waals surface area contributed by atoms with Crippen LogP contribution in [0.2, 0.25) is 0 Å². The van der Waals surface area contributed by atoms with Gasteiger partial charge in [-0.05, 0) is 109 Å². The van der Waals surface area contributed by atoms with Gasteiger partial charge in [-0.25, -0.2) is 0 Å². The van der Waals surface area contributed by atoms with Gasteiger partial charge in [-0.2, -0.15) is 0 Å². The first kappa shape index (κ1) is 12.3. The summed E-state index contributed by atoms with van der Waals surface area (Å²) in [4.78, 5) is 0. The molecule has 0 amide bonds. The third-order valence-corrected chi connectivity index (χ3v) is 9.06. The van der Waals surface area contributed by atoms with Crippen molar-refractivity contribution in [2.45, 2.75) is 44.1 Å². The summed E-state index contributed by atoms with van der Waals surface area (Å²) in [6.45, 7) is 1.21. The third-order valence-electron chi connectivity index (χ3n) is 9.06. The van der Waals surface area contributed by atoms with Crippen LogP contribution in [0.5, 0.6) is 5.75 Å². The Labute approximate surface area is 334 Å². The summed E-state index contributed by atoms with van der Waals surface area (Å²) in [7, 11) is 0. The van der Waals surface area contributed by atoms with E-state index in [9.17, 15) is 15.1 Å². The van der Waals surface area contributed by atoms with Crippen molar-refractivity contribution in [2.75, 3.05) is 0 Å². The number of fused-ring (bicyclic) bond motifs is 6. The normalized spacial score (nSPS) is 30.8. The van der Waals surface area contributed by atoms with E-state index in [1.54, 1.807) is 0 Å². The zero-order chi connectivity index (χ0) is 58.4. The molecular formula is C49H38O. The molecule has 0 N–H and O–H groups in total. The molecule has 1 fully saturated rings. The SMILES string of the molecule is [2H]c1c([2H])c([2H])c(-c2c([2H])c([2H])c([2H])c3c2C2C([2H])C([2H])C([2H])C(c4c5c([2H])c([2H])c([2H])c([2H])c5c(-c5c([2H])c([2H])c(-c6c([2H])c([2H])c7c([2H])c([2H])c([2H])c([2H])c7c6[2H])c(C)c5[2H])c5c([2H])c([2H])c([2H])c([2H])c45)C2O3)c([2H])c1[2H]. The van der Waals surface area contributed by atoms with Crippen LogP contribution in [-0.4, -0.2) is 6.10 Å².